The lowest BCUT2D eigenvalue weighted by molar-refractivity contribution is 0.104. The minimum atomic E-state index is 0. The second-order valence-electron chi connectivity index (χ2n) is 6.70. The Balaban J connectivity index is 0.00000180. The monoisotopic (exact) mass is 379 g/mol. The van der Waals surface area contributed by atoms with Crippen LogP contribution in [-0.4, -0.2) is 26.1 Å². The van der Waals surface area contributed by atoms with Crippen molar-refractivity contribution in [1.29, 1.82) is 0 Å². The second kappa shape index (κ2) is 7.70. The first-order valence-electron chi connectivity index (χ1n) is 7.58. The summed E-state index contributed by atoms with van der Waals surface area (Å²) in [6.45, 7) is 6.85. The molecule has 0 aromatic rings. The summed E-state index contributed by atoms with van der Waals surface area (Å²) in [5, 5.41) is 6.98. The lowest BCUT2D eigenvalue weighted by Crippen LogP contribution is -2.47. The van der Waals surface area contributed by atoms with Crippen LogP contribution >= 0.6 is 24.0 Å². The van der Waals surface area contributed by atoms with Crippen LogP contribution in [-0.2, 0) is 0 Å². The summed E-state index contributed by atoms with van der Waals surface area (Å²) in [6.07, 6.45) is 8.31. The molecule has 2 aliphatic carbocycles. The number of hydrogen-bond acceptors (Lipinski definition) is 1. The van der Waals surface area contributed by atoms with Gasteiger partial charge >= 0.3 is 0 Å². The largest absolute Gasteiger partial charge is 0.356 e. The van der Waals surface area contributed by atoms with E-state index < -0.39 is 0 Å². The van der Waals surface area contributed by atoms with E-state index in [0.717, 1.165) is 30.9 Å². The van der Waals surface area contributed by atoms with E-state index in [1.807, 2.05) is 7.05 Å². The van der Waals surface area contributed by atoms with Gasteiger partial charge in [0.2, 0.25) is 0 Å². The molecule has 0 unspecified atom stereocenters. The van der Waals surface area contributed by atoms with Gasteiger partial charge in [-0.1, -0.05) is 20.3 Å². The van der Waals surface area contributed by atoms with Crippen LogP contribution in [0, 0.1) is 17.3 Å². The van der Waals surface area contributed by atoms with Gasteiger partial charge in [0.15, 0.2) is 5.96 Å². The Hall–Kier alpha value is 0. The van der Waals surface area contributed by atoms with Crippen molar-refractivity contribution in [2.75, 3.05) is 20.1 Å². The van der Waals surface area contributed by atoms with Crippen molar-refractivity contribution in [1.82, 2.24) is 10.6 Å². The standard InChI is InChI=1S/C15H29N3.HI/c1-12(2)9-15(7-4-8-15)11-18-14(16-3)17-10-13-5-6-13;/h12-13H,4-11H2,1-3H3,(H2,16,17,18);1H. The molecular weight excluding hydrogens is 349 g/mol. The number of nitrogens with one attached hydrogen (secondary N) is 2. The summed E-state index contributed by atoms with van der Waals surface area (Å²) in [5.74, 6) is 2.70. The predicted octanol–water partition coefficient (Wildman–Crippen LogP) is 3.40. The molecule has 112 valence electrons. The van der Waals surface area contributed by atoms with E-state index in [1.165, 1.54) is 38.5 Å². The molecule has 0 bridgehead atoms. The Morgan fingerprint density at radius 3 is 2.37 bits per heavy atom. The molecule has 3 nitrogen and oxygen atoms in total. The van der Waals surface area contributed by atoms with E-state index in [2.05, 4.69) is 29.5 Å². The van der Waals surface area contributed by atoms with Gasteiger partial charge in [0.25, 0.3) is 0 Å². The van der Waals surface area contributed by atoms with E-state index in [-0.39, 0.29) is 24.0 Å². The number of hydrogen-bond donors (Lipinski definition) is 2. The first-order chi connectivity index (χ1) is 8.63. The van der Waals surface area contributed by atoms with Crippen LogP contribution in [0.1, 0.15) is 52.4 Å². The van der Waals surface area contributed by atoms with Gasteiger partial charge in [-0.2, -0.15) is 0 Å². The zero-order valence-corrected chi connectivity index (χ0v) is 15.0. The molecular formula is C15H30IN3. The van der Waals surface area contributed by atoms with Gasteiger partial charge in [0.05, 0.1) is 0 Å². The first-order valence-corrected chi connectivity index (χ1v) is 7.58. The van der Waals surface area contributed by atoms with Gasteiger partial charge in [-0.05, 0) is 49.4 Å². The summed E-state index contributed by atoms with van der Waals surface area (Å²) in [4.78, 5) is 4.32. The molecule has 0 amide bonds. The molecule has 0 spiro atoms. The molecule has 0 heterocycles. The van der Waals surface area contributed by atoms with Crippen molar-refractivity contribution >= 4 is 29.9 Å². The highest BCUT2D eigenvalue weighted by Gasteiger charge is 2.37. The Morgan fingerprint density at radius 2 is 1.95 bits per heavy atom. The fraction of sp³-hybridized carbons (Fsp3) is 0.933. The average Bonchev–Trinajstić information content (AvgIpc) is 3.08. The van der Waals surface area contributed by atoms with Crippen LogP contribution in [0.3, 0.4) is 0 Å². The van der Waals surface area contributed by atoms with E-state index >= 15 is 0 Å². The van der Waals surface area contributed by atoms with Gasteiger partial charge in [-0.3, -0.25) is 4.99 Å². The smallest absolute Gasteiger partial charge is 0.191 e. The van der Waals surface area contributed by atoms with E-state index in [0.29, 0.717) is 5.41 Å². The highest BCUT2D eigenvalue weighted by Crippen LogP contribution is 2.45. The Bertz CT molecular complexity index is 294. The third-order valence-electron chi connectivity index (χ3n) is 4.37. The van der Waals surface area contributed by atoms with Gasteiger partial charge in [0.1, 0.15) is 0 Å². The quantitative estimate of drug-likeness (QED) is 0.422. The highest BCUT2D eigenvalue weighted by atomic mass is 127. The summed E-state index contributed by atoms with van der Waals surface area (Å²) >= 11 is 0. The SMILES string of the molecule is CN=C(NCC1CC1)NCC1(CC(C)C)CCC1.I. The molecule has 0 aromatic carbocycles. The van der Waals surface area contributed by atoms with Crippen molar-refractivity contribution < 1.29 is 0 Å². The van der Waals surface area contributed by atoms with Crippen LogP contribution in [0.15, 0.2) is 4.99 Å². The van der Waals surface area contributed by atoms with Crippen LogP contribution in [0.2, 0.25) is 0 Å². The lowest BCUT2D eigenvalue weighted by Gasteiger charge is -2.43. The molecule has 4 heteroatoms. The molecule has 2 fully saturated rings. The van der Waals surface area contributed by atoms with Gasteiger partial charge in [-0.25, -0.2) is 0 Å². The Morgan fingerprint density at radius 1 is 1.26 bits per heavy atom. The maximum Gasteiger partial charge on any atom is 0.191 e. The zero-order valence-electron chi connectivity index (χ0n) is 12.7. The molecule has 0 radical (unpaired) electrons. The van der Waals surface area contributed by atoms with Crippen molar-refractivity contribution in [3.8, 4) is 0 Å². The predicted molar refractivity (Wildman–Crippen MR) is 93.2 cm³/mol. The Labute approximate surface area is 135 Å². The molecule has 2 rings (SSSR count). The van der Waals surface area contributed by atoms with Crippen molar-refractivity contribution in [2.24, 2.45) is 22.2 Å². The van der Waals surface area contributed by atoms with Gasteiger partial charge < -0.3 is 10.6 Å². The maximum atomic E-state index is 4.32. The normalized spacial score (nSPS) is 21.6. The van der Waals surface area contributed by atoms with Crippen molar-refractivity contribution in [3.05, 3.63) is 0 Å². The highest BCUT2D eigenvalue weighted by molar-refractivity contribution is 14.0. The fourth-order valence-corrected chi connectivity index (χ4v) is 3.05. The van der Waals surface area contributed by atoms with E-state index in [9.17, 15) is 0 Å². The number of guanidine groups is 1. The topological polar surface area (TPSA) is 36.4 Å². The molecule has 2 aliphatic rings. The van der Waals surface area contributed by atoms with E-state index in [4.69, 9.17) is 0 Å². The Kier molecular flexibility index (Phi) is 6.91. The molecule has 2 N–H and O–H groups in total. The third-order valence-corrected chi connectivity index (χ3v) is 4.37. The average molecular weight is 379 g/mol. The molecule has 0 atom stereocenters. The second-order valence-corrected chi connectivity index (χ2v) is 6.70. The summed E-state index contributed by atoms with van der Waals surface area (Å²) in [7, 11) is 1.87. The third kappa shape index (κ3) is 5.48. The minimum Gasteiger partial charge on any atom is -0.356 e. The van der Waals surface area contributed by atoms with Crippen LogP contribution in [0.4, 0.5) is 0 Å². The summed E-state index contributed by atoms with van der Waals surface area (Å²) in [5.41, 5.74) is 0.547. The molecule has 0 aliphatic heterocycles. The number of halogens is 1. The number of rotatable bonds is 6. The minimum absolute atomic E-state index is 0. The molecule has 0 saturated heterocycles. The van der Waals surface area contributed by atoms with Crippen LogP contribution in [0.25, 0.3) is 0 Å². The zero-order chi connectivity index (χ0) is 13.0. The molecule has 0 aromatic heterocycles. The van der Waals surface area contributed by atoms with Gasteiger partial charge in [-0.15, -0.1) is 24.0 Å². The number of aliphatic imine (C=N–C) groups is 1. The maximum absolute atomic E-state index is 4.32. The first kappa shape index (κ1) is 17.1. The van der Waals surface area contributed by atoms with Crippen LogP contribution in [0.5, 0.6) is 0 Å². The molecule has 2 saturated carbocycles. The fourth-order valence-electron chi connectivity index (χ4n) is 3.05. The van der Waals surface area contributed by atoms with Gasteiger partial charge in [0, 0.05) is 20.1 Å². The van der Waals surface area contributed by atoms with Crippen molar-refractivity contribution in [3.63, 3.8) is 0 Å². The molecule has 19 heavy (non-hydrogen) atoms. The van der Waals surface area contributed by atoms with Crippen LogP contribution < -0.4 is 10.6 Å². The van der Waals surface area contributed by atoms with E-state index in [1.54, 1.807) is 0 Å². The summed E-state index contributed by atoms with van der Waals surface area (Å²) in [6, 6.07) is 0. The number of nitrogens with zero attached hydrogens (tertiary/aromatic N) is 1. The van der Waals surface area contributed by atoms with Crippen molar-refractivity contribution in [2.45, 2.75) is 52.4 Å². The lowest BCUT2D eigenvalue weighted by atomic mass is 9.64. The summed E-state index contributed by atoms with van der Waals surface area (Å²) < 4.78 is 0.